The molecule has 0 aliphatic carbocycles. The molecule has 1 aromatic rings. The highest BCUT2D eigenvalue weighted by Gasteiger charge is 2.46. The number of benzene rings is 1. The van der Waals surface area contributed by atoms with Gasteiger partial charge in [0, 0.05) is 12.5 Å². The van der Waals surface area contributed by atoms with Crippen LogP contribution in [0.3, 0.4) is 0 Å². The standard InChI is InChI=1S/C14H17NO5/c1-9-7-15(11(12(9)16)13(17)18)14(19)20-8-10-5-3-2-4-6-10/h2-6,9,11-12,16H,7-8H2,1H3,(H,17,18)/t9-,11+,12+/m1/s1. The Morgan fingerprint density at radius 2 is 2.00 bits per heavy atom. The van der Waals surface area contributed by atoms with E-state index in [1.54, 1.807) is 6.92 Å². The van der Waals surface area contributed by atoms with Crippen LogP contribution in [0.1, 0.15) is 12.5 Å². The maximum absolute atomic E-state index is 12.0. The van der Waals surface area contributed by atoms with E-state index in [4.69, 9.17) is 9.84 Å². The van der Waals surface area contributed by atoms with Gasteiger partial charge in [0.25, 0.3) is 0 Å². The van der Waals surface area contributed by atoms with Gasteiger partial charge < -0.3 is 14.9 Å². The minimum Gasteiger partial charge on any atom is -0.480 e. The fourth-order valence-electron chi connectivity index (χ4n) is 2.30. The van der Waals surface area contributed by atoms with Crippen LogP contribution in [0, 0.1) is 5.92 Å². The number of aliphatic carboxylic acids is 1. The van der Waals surface area contributed by atoms with E-state index in [0.717, 1.165) is 10.5 Å². The highest BCUT2D eigenvalue weighted by molar-refractivity contribution is 5.81. The second-order valence-corrected chi connectivity index (χ2v) is 4.94. The Labute approximate surface area is 116 Å². The van der Waals surface area contributed by atoms with Crippen LogP contribution in [0.4, 0.5) is 4.79 Å². The maximum atomic E-state index is 12.0. The molecule has 2 N–H and O–H groups in total. The van der Waals surface area contributed by atoms with Gasteiger partial charge in [-0.25, -0.2) is 9.59 Å². The number of nitrogens with zero attached hydrogens (tertiary/aromatic N) is 1. The molecule has 3 atom stereocenters. The zero-order chi connectivity index (χ0) is 14.7. The summed E-state index contributed by atoms with van der Waals surface area (Å²) in [6.45, 7) is 1.95. The van der Waals surface area contributed by atoms with Gasteiger partial charge >= 0.3 is 12.1 Å². The van der Waals surface area contributed by atoms with Crippen molar-refractivity contribution in [1.29, 1.82) is 0 Å². The normalized spacial score (nSPS) is 25.5. The van der Waals surface area contributed by atoms with Gasteiger partial charge in [-0.2, -0.15) is 0 Å². The molecule has 108 valence electrons. The molecule has 0 spiro atoms. The summed E-state index contributed by atoms with van der Waals surface area (Å²) >= 11 is 0. The van der Waals surface area contributed by atoms with Crippen molar-refractivity contribution in [3.63, 3.8) is 0 Å². The predicted octanol–water partition coefficient (Wildman–Crippen LogP) is 1.09. The van der Waals surface area contributed by atoms with Crippen molar-refractivity contribution in [2.24, 2.45) is 5.92 Å². The maximum Gasteiger partial charge on any atom is 0.410 e. The summed E-state index contributed by atoms with van der Waals surface area (Å²) < 4.78 is 5.10. The third-order valence-electron chi connectivity index (χ3n) is 3.42. The van der Waals surface area contributed by atoms with E-state index in [1.165, 1.54) is 0 Å². The van der Waals surface area contributed by atoms with Gasteiger partial charge in [-0.15, -0.1) is 0 Å². The van der Waals surface area contributed by atoms with Gasteiger partial charge in [-0.1, -0.05) is 37.3 Å². The quantitative estimate of drug-likeness (QED) is 0.864. The lowest BCUT2D eigenvalue weighted by molar-refractivity contribution is -0.144. The van der Waals surface area contributed by atoms with E-state index in [1.807, 2.05) is 30.3 Å². The number of rotatable bonds is 3. The highest BCUT2D eigenvalue weighted by atomic mass is 16.6. The third-order valence-corrected chi connectivity index (χ3v) is 3.42. The Bertz CT molecular complexity index is 490. The first-order chi connectivity index (χ1) is 9.50. The number of hydrogen-bond donors (Lipinski definition) is 2. The molecule has 0 radical (unpaired) electrons. The fourth-order valence-corrected chi connectivity index (χ4v) is 2.30. The number of aliphatic hydroxyl groups is 1. The molecule has 1 aromatic carbocycles. The molecule has 0 aromatic heterocycles. The molecule has 1 aliphatic heterocycles. The number of carbonyl (C=O) groups excluding carboxylic acids is 1. The zero-order valence-electron chi connectivity index (χ0n) is 11.1. The molecule has 6 nitrogen and oxygen atoms in total. The monoisotopic (exact) mass is 279 g/mol. The molecule has 1 heterocycles. The van der Waals surface area contributed by atoms with E-state index in [0.29, 0.717) is 0 Å². The molecule has 1 saturated heterocycles. The van der Waals surface area contributed by atoms with Crippen molar-refractivity contribution in [1.82, 2.24) is 4.90 Å². The molecule has 0 bridgehead atoms. The second kappa shape index (κ2) is 5.92. The summed E-state index contributed by atoms with van der Waals surface area (Å²) in [6.07, 6.45) is -1.79. The number of amides is 1. The predicted molar refractivity (Wildman–Crippen MR) is 69.9 cm³/mol. The van der Waals surface area contributed by atoms with E-state index in [9.17, 15) is 14.7 Å². The third kappa shape index (κ3) is 2.91. The largest absolute Gasteiger partial charge is 0.480 e. The molecular weight excluding hydrogens is 262 g/mol. The topological polar surface area (TPSA) is 87.1 Å². The Morgan fingerprint density at radius 1 is 1.35 bits per heavy atom. The first kappa shape index (κ1) is 14.3. The van der Waals surface area contributed by atoms with Crippen molar-refractivity contribution in [3.8, 4) is 0 Å². The number of hydrogen-bond acceptors (Lipinski definition) is 4. The first-order valence-corrected chi connectivity index (χ1v) is 6.39. The summed E-state index contributed by atoms with van der Waals surface area (Å²) in [5.74, 6) is -1.51. The number of ether oxygens (including phenoxy) is 1. The number of aliphatic hydroxyl groups excluding tert-OH is 1. The Kier molecular flexibility index (Phi) is 4.24. The van der Waals surface area contributed by atoms with Gasteiger partial charge in [0.15, 0.2) is 6.04 Å². The van der Waals surface area contributed by atoms with Crippen molar-refractivity contribution in [2.45, 2.75) is 25.7 Å². The molecule has 1 amide bonds. The van der Waals surface area contributed by atoms with Crippen molar-refractivity contribution < 1.29 is 24.5 Å². The smallest absolute Gasteiger partial charge is 0.410 e. The Morgan fingerprint density at radius 3 is 2.60 bits per heavy atom. The van der Waals surface area contributed by atoms with E-state index < -0.39 is 24.2 Å². The van der Waals surface area contributed by atoms with Gasteiger partial charge in [0.2, 0.25) is 0 Å². The van der Waals surface area contributed by atoms with Crippen LogP contribution in [0.25, 0.3) is 0 Å². The van der Waals surface area contributed by atoms with Crippen LogP contribution in [-0.4, -0.2) is 45.9 Å². The molecule has 1 fully saturated rings. The van der Waals surface area contributed by atoms with Crippen molar-refractivity contribution >= 4 is 12.1 Å². The summed E-state index contributed by atoms with van der Waals surface area (Å²) in [6, 6.07) is 7.88. The lowest BCUT2D eigenvalue weighted by Gasteiger charge is -2.21. The first-order valence-electron chi connectivity index (χ1n) is 6.39. The Balaban J connectivity index is 1.99. The van der Waals surface area contributed by atoms with Crippen LogP contribution in [0.2, 0.25) is 0 Å². The summed E-state index contributed by atoms with van der Waals surface area (Å²) in [5, 5.41) is 18.9. The number of carbonyl (C=O) groups is 2. The van der Waals surface area contributed by atoms with Crippen LogP contribution in [-0.2, 0) is 16.1 Å². The zero-order valence-corrected chi connectivity index (χ0v) is 11.1. The van der Waals surface area contributed by atoms with Gasteiger partial charge in [-0.05, 0) is 5.56 Å². The molecule has 0 unspecified atom stereocenters. The molecule has 6 heteroatoms. The lowest BCUT2D eigenvalue weighted by atomic mass is 10.0. The summed E-state index contributed by atoms with van der Waals surface area (Å²) in [4.78, 5) is 24.2. The summed E-state index contributed by atoms with van der Waals surface area (Å²) in [7, 11) is 0. The number of likely N-dealkylation sites (tertiary alicyclic amines) is 1. The lowest BCUT2D eigenvalue weighted by Crippen LogP contribution is -2.45. The second-order valence-electron chi connectivity index (χ2n) is 4.94. The average molecular weight is 279 g/mol. The van der Waals surface area contributed by atoms with Crippen LogP contribution in [0.15, 0.2) is 30.3 Å². The number of carboxylic acids is 1. The van der Waals surface area contributed by atoms with Gasteiger partial charge in [0.1, 0.15) is 6.61 Å². The molecule has 20 heavy (non-hydrogen) atoms. The van der Waals surface area contributed by atoms with Gasteiger partial charge in [0.05, 0.1) is 6.10 Å². The number of carboxylic acid groups (broad SMARTS) is 1. The SMILES string of the molecule is C[C@@H]1CN(C(=O)OCc2ccccc2)[C@H](C(=O)O)[C@H]1O. The van der Waals surface area contributed by atoms with Crippen molar-refractivity contribution in [2.75, 3.05) is 6.54 Å². The van der Waals surface area contributed by atoms with Crippen LogP contribution in [0.5, 0.6) is 0 Å². The van der Waals surface area contributed by atoms with Gasteiger partial charge in [-0.3, -0.25) is 4.90 Å². The highest BCUT2D eigenvalue weighted by Crippen LogP contribution is 2.24. The van der Waals surface area contributed by atoms with E-state index in [2.05, 4.69) is 0 Å². The molecule has 1 aliphatic rings. The minimum absolute atomic E-state index is 0.0764. The van der Waals surface area contributed by atoms with Crippen LogP contribution >= 0.6 is 0 Å². The van der Waals surface area contributed by atoms with E-state index in [-0.39, 0.29) is 19.1 Å². The molecule has 2 rings (SSSR count). The molecular formula is C14H17NO5. The minimum atomic E-state index is -1.24. The van der Waals surface area contributed by atoms with Crippen LogP contribution < -0.4 is 0 Å². The average Bonchev–Trinajstić information content (AvgIpc) is 2.73. The van der Waals surface area contributed by atoms with E-state index >= 15 is 0 Å². The summed E-state index contributed by atoms with van der Waals surface area (Å²) in [5.41, 5.74) is 0.820. The Hall–Kier alpha value is -2.08. The fraction of sp³-hybridized carbons (Fsp3) is 0.429. The molecule has 0 saturated carbocycles. The van der Waals surface area contributed by atoms with Crippen molar-refractivity contribution in [3.05, 3.63) is 35.9 Å².